The van der Waals surface area contributed by atoms with Crippen molar-refractivity contribution in [3.05, 3.63) is 47.2 Å². The van der Waals surface area contributed by atoms with E-state index in [1.54, 1.807) is 10.9 Å². The molecule has 2 aliphatic rings. The van der Waals surface area contributed by atoms with Gasteiger partial charge in [-0.3, -0.25) is 9.48 Å². The summed E-state index contributed by atoms with van der Waals surface area (Å²) in [5.74, 6) is -1.37. The third-order valence-corrected chi connectivity index (χ3v) is 7.62. The Labute approximate surface area is 191 Å². The molecule has 6 rings (SSSR count). The van der Waals surface area contributed by atoms with Crippen molar-refractivity contribution in [2.24, 2.45) is 0 Å². The van der Waals surface area contributed by atoms with Gasteiger partial charge < -0.3 is 16.0 Å². The number of aryl methyl sites for hydroxylation is 1. The van der Waals surface area contributed by atoms with Crippen LogP contribution in [0.25, 0.3) is 32.1 Å². The highest BCUT2D eigenvalue weighted by atomic mass is 32.1. The van der Waals surface area contributed by atoms with Crippen LogP contribution >= 0.6 is 11.3 Å². The minimum absolute atomic E-state index is 0.0186. The Morgan fingerprint density at radius 2 is 2.09 bits per heavy atom. The van der Waals surface area contributed by atoms with E-state index in [0.717, 1.165) is 17.8 Å². The number of nitriles is 1. The first kappa shape index (κ1) is 20.1. The second-order valence-corrected chi connectivity index (χ2v) is 9.36. The quantitative estimate of drug-likeness (QED) is 0.449. The number of nitrogens with two attached hydrogens (primary N) is 1. The standard InChI is InChI=1S/C23H18F2N6OS/c24-16-2-1-12(19-14(8-26)22(27)33-21(16)19)18-15-10-29-31-5-3-11-9-28-4-6-30(11)23(32)13(20(15)31)7-17(18)25/h1-2,7,10-11,28H,3-6,9,27H2/t11-/m1/s1. The van der Waals surface area contributed by atoms with Crippen LogP contribution in [0, 0.1) is 23.0 Å². The van der Waals surface area contributed by atoms with Gasteiger partial charge in [0.15, 0.2) is 0 Å². The molecule has 7 nitrogen and oxygen atoms in total. The van der Waals surface area contributed by atoms with Crippen molar-refractivity contribution in [1.82, 2.24) is 20.0 Å². The smallest absolute Gasteiger partial charge is 0.256 e. The second-order valence-electron chi connectivity index (χ2n) is 8.31. The molecular formula is C23H18F2N6OS. The molecule has 1 atom stereocenters. The number of rotatable bonds is 1. The van der Waals surface area contributed by atoms with Crippen LogP contribution in [0.1, 0.15) is 22.3 Å². The summed E-state index contributed by atoms with van der Waals surface area (Å²) < 4.78 is 32.3. The highest BCUT2D eigenvalue weighted by Crippen LogP contribution is 2.44. The van der Waals surface area contributed by atoms with E-state index in [1.807, 2.05) is 11.0 Å². The lowest BCUT2D eigenvalue weighted by molar-refractivity contribution is 0.0613. The fourth-order valence-electron chi connectivity index (χ4n) is 5.08. The maximum absolute atomic E-state index is 15.8. The van der Waals surface area contributed by atoms with Gasteiger partial charge >= 0.3 is 0 Å². The lowest BCUT2D eigenvalue weighted by Crippen LogP contribution is -2.54. The number of thiophene rings is 1. The molecule has 1 amide bonds. The maximum atomic E-state index is 15.8. The summed E-state index contributed by atoms with van der Waals surface area (Å²) in [5, 5.41) is 18.3. The number of amides is 1. The van der Waals surface area contributed by atoms with Gasteiger partial charge in [0.1, 0.15) is 22.7 Å². The number of halogens is 2. The number of hydrogen-bond acceptors (Lipinski definition) is 6. The van der Waals surface area contributed by atoms with E-state index in [0.29, 0.717) is 42.6 Å². The van der Waals surface area contributed by atoms with Gasteiger partial charge in [-0.15, -0.1) is 11.3 Å². The SMILES string of the molecule is N#Cc1c(N)sc2c(F)ccc(-c3c(F)cc4c5c3cnn5CC[C@@H]3CNCCN3C4=O)c12. The van der Waals surface area contributed by atoms with Gasteiger partial charge in [-0.1, -0.05) is 6.07 Å². The Hall–Kier alpha value is -3.55. The largest absolute Gasteiger partial charge is 0.389 e. The Balaban J connectivity index is 1.66. The fourth-order valence-corrected chi connectivity index (χ4v) is 6.02. The lowest BCUT2D eigenvalue weighted by atomic mass is 9.93. The molecule has 0 bridgehead atoms. The molecule has 0 aliphatic carbocycles. The zero-order chi connectivity index (χ0) is 22.9. The molecule has 10 heteroatoms. The van der Waals surface area contributed by atoms with E-state index in [4.69, 9.17) is 5.73 Å². The molecule has 33 heavy (non-hydrogen) atoms. The molecule has 0 unspecified atom stereocenters. The third kappa shape index (κ3) is 2.79. The zero-order valence-electron chi connectivity index (χ0n) is 17.4. The minimum atomic E-state index is -0.626. The Bertz CT molecular complexity index is 1520. The van der Waals surface area contributed by atoms with Crippen LogP contribution in [-0.2, 0) is 6.54 Å². The van der Waals surface area contributed by atoms with E-state index >= 15 is 4.39 Å². The van der Waals surface area contributed by atoms with Crippen LogP contribution in [0.3, 0.4) is 0 Å². The Morgan fingerprint density at radius 3 is 2.91 bits per heavy atom. The highest BCUT2D eigenvalue weighted by Gasteiger charge is 2.33. The van der Waals surface area contributed by atoms with Gasteiger partial charge in [0.05, 0.1) is 27.5 Å². The van der Waals surface area contributed by atoms with E-state index in [9.17, 15) is 14.4 Å². The summed E-state index contributed by atoms with van der Waals surface area (Å²) in [6.45, 7) is 2.51. The molecule has 0 radical (unpaired) electrons. The van der Waals surface area contributed by atoms with Crippen molar-refractivity contribution < 1.29 is 13.6 Å². The van der Waals surface area contributed by atoms with Gasteiger partial charge in [0, 0.05) is 48.6 Å². The molecule has 166 valence electrons. The number of piperazine rings is 1. The van der Waals surface area contributed by atoms with Crippen LogP contribution in [0.2, 0.25) is 0 Å². The predicted molar refractivity (Wildman–Crippen MR) is 122 cm³/mol. The van der Waals surface area contributed by atoms with Crippen molar-refractivity contribution in [2.75, 3.05) is 25.4 Å². The van der Waals surface area contributed by atoms with Crippen LogP contribution in [-0.4, -0.2) is 46.3 Å². The highest BCUT2D eigenvalue weighted by molar-refractivity contribution is 7.23. The first-order chi connectivity index (χ1) is 16.0. The molecule has 4 heterocycles. The maximum Gasteiger partial charge on any atom is 0.256 e. The van der Waals surface area contributed by atoms with E-state index in [2.05, 4.69) is 10.4 Å². The Kier molecular flexibility index (Phi) is 4.40. The number of carbonyl (C=O) groups is 1. The van der Waals surface area contributed by atoms with Gasteiger partial charge in [0.2, 0.25) is 0 Å². The minimum Gasteiger partial charge on any atom is -0.389 e. The van der Waals surface area contributed by atoms with Gasteiger partial charge in [0.25, 0.3) is 5.91 Å². The van der Waals surface area contributed by atoms with Crippen molar-refractivity contribution in [1.29, 1.82) is 5.26 Å². The number of anilines is 1. The average molecular weight is 465 g/mol. The number of hydrogen-bond donors (Lipinski definition) is 2. The molecule has 1 fully saturated rings. The number of fused-ring (bicyclic) bond motifs is 2. The monoisotopic (exact) mass is 464 g/mol. The van der Waals surface area contributed by atoms with Crippen LogP contribution in [0.15, 0.2) is 24.4 Å². The van der Waals surface area contributed by atoms with Crippen molar-refractivity contribution in [2.45, 2.75) is 19.0 Å². The normalized spacial score (nSPS) is 18.3. The predicted octanol–water partition coefficient (Wildman–Crippen LogP) is 3.47. The number of nitrogen functional groups attached to an aromatic ring is 1. The number of nitrogens with one attached hydrogen (secondary N) is 1. The average Bonchev–Trinajstić information content (AvgIpc) is 3.38. The topological polar surface area (TPSA) is 100.0 Å². The van der Waals surface area contributed by atoms with Crippen LogP contribution in [0.5, 0.6) is 0 Å². The number of nitrogens with zero attached hydrogens (tertiary/aromatic N) is 4. The molecule has 2 aliphatic heterocycles. The van der Waals surface area contributed by atoms with Gasteiger partial charge in [-0.25, -0.2) is 8.78 Å². The molecular weight excluding hydrogens is 446 g/mol. The molecule has 0 saturated carbocycles. The molecule has 2 aromatic carbocycles. The summed E-state index contributed by atoms with van der Waals surface area (Å²) in [7, 11) is 0. The van der Waals surface area contributed by atoms with Gasteiger partial charge in [-0.2, -0.15) is 10.4 Å². The molecule has 4 aromatic rings. The van der Waals surface area contributed by atoms with Crippen LogP contribution in [0.4, 0.5) is 13.8 Å². The molecule has 2 aromatic heterocycles. The van der Waals surface area contributed by atoms with E-state index in [-0.39, 0.29) is 43.7 Å². The summed E-state index contributed by atoms with van der Waals surface area (Å²) in [6, 6.07) is 6.00. The molecule has 0 spiro atoms. The second kappa shape index (κ2) is 7.23. The molecule has 3 N–H and O–H groups in total. The number of carbonyl (C=O) groups excluding carboxylic acids is 1. The number of aromatic nitrogens is 2. The zero-order valence-corrected chi connectivity index (χ0v) is 18.2. The van der Waals surface area contributed by atoms with Crippen molar-refractivity contribution in [3.8, 4) is 17.2 Å². The number of benzene rings is 2. The third-order valence-electron chi connectivity index (χ3n) is 6.59. The van der Waals surface area contributed by atoms with Crippen molar-refractivity contribution >= 4 is 43.2 Å². The van der Waals surface area contributed by atoms with Crippen molar-refractivity contribution in [3.63, 3.8) is 0 Å². The first-order valence-electron chi connectivity index (χ1n) is 10.6. The summed E-state index contributed by atoms with van der Waals surface area (Å²) >= 11 is 0.963. The Morgan fingerprint density at radius 1 is 1.24 bits per heavy atom. The fraction of sp³-hybridized carbons (Fsp3) is 0.261. The molecule has 1 saturated heterocycles. The summed E-state index contributed by atoms with van der Waals surface area (Å²) in [6.07, 6.45) is 2.27. The lowest BCUT2D eigenvalue weighted by Gasteiger charge is -2.37. The van der Waals surface area contributed by atoms with E-state index < -0.39 is 11.6 Å². The summed E-state index contributed by atoms with van der Waals surface area (Å²) in [4.78, 5) is 15.3. The van der Waals surface area contributed by atoms with Gasteiger partial charge in [-0.05, 0) is 24.1 Å². The van der Waals surface area contributed by atoms with Crippen LogP contribution < -0.4 is 11.1 Å². The first-order valence-corrected chi connectivity index (χ1v) is 11.4. The summed E-state index contributed by atoms with van der Waals surface area (Å²) in [5.41, 5.74) is 7.44. The van der Waals surface area contributed by atoms with E-state index in [1.165, 1.54) is 18.2 Å².